The third-order valence-electron chi connectivity index (χ3n) is 3.12. The molecule has 0 amide bonds. The molecule has 0 aromatic rings. The Morgan fingerprint density at radius 3 is 1.18 bits per heavy atom. The van der Waals surface area contributed by atoms with Crippen molar-refractivity contribution in [1.82, 2.24) is 0 Å². The minimum atomic E-state index is -1.22. The van der Waals surface area contributed by atoms with Gasteiger partial charge in [0.2, 0.25) is 0 Å². The van der Waals surface area contributed by atoms with Gasteiger partial charge in [0.05, 0.1) is 0 Å². The van der Waals surface area contributed by atoms with Crippen LogP contribution < -0.4 is 0 Å². The summed E-state index contributed by atoms with van der Waals surface area (Å²) in [5.41, 5.74) is 0. The van der Waals surface area contributed by atoms with Crippen LogP contribution in [0.25, 0.3) is 0 Å². The van der Waals surface area contributed by atoms with Crippen molar-refractivity contribution in [2.75, 3.05) is 39.6 Å². The number of carbonyl (C=O) groups is 2. The first kappa shape index (κ1) is 34.5. The maximum atomic E-state index is 11.3. The Hall–Kier alpha value is 1.50. The van der Waals surface area contributed by atoms with Crippen LogP contribution in [0, 0.1) is 0 Å². The molecular weight excluding hydrogens is 830 g/mol. The van der Waals surface area contributed by atoms with Crippen molar-refractivity contribution in [1.29, 1.82) is 0 Å². The molecule has 0 aliphatic carbocycles. The molecule has 0 radical (unpaired) electrons. The number of rotatable bonds is 17. The fourth-order valence-corrected chi connectivity index (χ4v) is 6.00. The Morgan fingerprint density at radius 1 is 0.667 bits per heavy atom. The summed E-state index contributed by atoms with van der Waals surface area (Å²) in [5, 5.41) is -3.66. The molecule has 33 heavy (non-hydrogen) atoms. The standard InChI is InChI=1S/C15H21B3I3O9P3/c1-3-14(22)26-9-12(29-32(17)20)7-24-5-11(28-31(16)19)6-25-8-13(30-33(18)21)10-27-15(23)4-2/h3-4,11-13H,1-2,5-10H2. The number of hydrogen-bond donors (Lipinski definition) is 0. The van der Waals surface area contributed by atoms with Gasteiger partial charge in [0.1, 0.15) is 0 Å². The van der Waals surface area contributed by atoms with Crippen LogP contribution in [0.15, 0.2) is 25.3 Å². The molecular formula is C15H21B3I3O9P3. The molecule has 0 aromatic carbocycles. The molecule has 0 heterocycles. The van der Waals surface area contributed by atoms with Crippen LogP contribution in [0.2, 0.25) is 0 Å². The Bertz CT molecular complexity index is 810. The van der Waals surface area contributed by atoms with Crippen LogP contribution in [0.3, 0.4) is 0 Å². The summed E-state index contributed by atoms with van der Waals surface area (Å²) in [6, 6.07) is 0. The molecule has 0 aliphatic rings. The van der Waals surface area contributed by atoms with Crippen molar-refractivity contribution in [2.24, 2.45) is 0 Å². The number of hydrogen-bond acceptors (Lipinski definition) is 9. The monoisotopic (exact) mass is 852 g/mol. The fourth-order valence-electron chi connectivity index (χ4n) is 1.88. The van der Waals surface area contributed by atoms with Crippen molar-refractivity contribution < 1.29 is 42.1 Å². The van der Waals surface area contributed by atoms with E-state index in [0.29, 0.717) is 0 Å². The summed E-state index contributed by atoms with van der Waals surface area (Å²) in [6.07, 6.45) is 0.489. The third kappa shape index (κ3) is 21.3. The van der Waals surface area contributed by atoms with Gasteiger partial charge < -0.3 is 0 Å². The van der Waals surface area contributed by atoms with Gasteiger partial charge in [0, 0.05) is 0 Å². The second-order valence-corrected chi connectivity index (χ2v) is 16.6. The van der Waals surface area contributed by atoms with E-state index in [1.807, 2.05) is 66.1 Å². The fraction of sp³-hybridized carbons (Fsp3) is 0.600. The van der Waals surface area contributed by atoms with Gasteiger partial charge in [-0.1, -0.05) is 0 Å². The average molecular weight is 851 g/mol. The quantitative estimate of drug-likeness (QED) is 0.0705. The van der Waals surface area contributed by atoms with Gasteiger partial charge in [-0.05, 0) is 0 Å². The second-order valence-electron chi connectivity index (χ2n) is 5.74. The zero-order valence-corrected chi connectivity index (χ0v) is 26.6. The number of esters is 2. The summed E-state index contributed by atoms with van der Waals surface area (Å²) < 4.78 is 38.1. The molecule has 0 aliphatic heterocycles. The predicted octanol–water partition coefficient (Wildman–Crippen LogP) is 4.12. The van der Waals surface area contributed by atoms with Crippen LogP contribution in [0.4, 0.5) is 0 Å². The van der Waals surface area contributed by atoms with Crippen molar-refractivity contribution >= 4 is 114 Å². The number of ether oxygens (including phenoxy) is 4. The molecule has 180 valence electrons. The number of carbonyl (C=O) groups excluding carboxylic acids is 2. The Morgan fingerprint density at radius 2 is 0.939 bits per heavy atom. The third-order valence-corrected chi connectivity index (χ3v) is 6.67. The molecule has 5 unspecified atom stereocenters. The molecule has 0 aromatic heterocycles. The van der Waals surface area contributed by atoms with Gasteiger partial charge in [-0.15, -0.1) is 0 Å². The van der Waals surface area contributed by atoms with E-state index in [9.17, 15) is 9.59 Å². The molecule has 0 bridgehead atoms. The summed E-state index contributed by atoms with van der Waals surface area (Å²) in [7, 11) is 17.2. The van der Waals surface area contributed by atoms with Crippen LogP contribution >= 0.6 is 81.4 Å². The molecule has 0 saturated heterocycles. The van der Waals surface area contributed by atoms with Gasteiger partial charge in [-0.2, -0.15) is 0 Å². The molecule has 18 heteroatoms. The van der Waals surface area contributed by atoms with E-state index in [4.69, 9.17) is 53.5 Å². The van der Waals surface area contributed by atoms with Crippen LogP contribution in [0.1, 0.15) is 0 Å². The molecule has 0 spiro atoms. The van der Waals surface area contributed by atoms with E-state index in [1.54, 1.807) is 0 Å². The summed E-state index contributed by atoms with van der Waals surface area (Å²) in [4.78, 5) is 22.6. The molecule has 5 atom stereocenters. The normalized spacial score (nSPS) is 15.1. The summed E-state index contributed by atoms with van der Waals surface area (Å²) >= 11 is 5.84. The van der Waals surface area contributed by atoms with Gasteiger partial charge in [0.25, 0.3) is 0 Å². The van der Waals surface area contributed by atoms with E-state index in [1.165, 1.54) is 0 Å². The van der Waals surface area contributed by atoms with Crippen molar-refractivity contribution in [3.8, 4) is 0 Å². The molecule has 0 N–H and O–H groups in total. The van der Waals surface area contributed by atoms with Gasteiger partial charge in [0.15, 0.2) is 0 Å². The van der Waals surface area contributed by atoms with Gasteiger partial charge in [-0.25, -0.2) is 0 Å². The maximum absolute atomic E-state index is 11.3. The Labute approximate surface area is 237 Å². The Kier molecular flexibility index (Phi) is 22.6. The first-order chi connectivity index (χ1) is 15.6. The second kappa shape index (κ2) is 21.6. The zero-order chi connectivity index (χ0) is 25.2. The minimum absolute atomic E-state index is 0.0391. The topological polar surface area (TPSA) is 98.8 Å². The van der Waals surface area contributed by atoms with Crippen molar-refractivity contribution in [3.05, 3.63) is 25.3 Å². The Balaban J connectivity index is 4.73. The van der Waals surface area contributed by atoms with Crippen LogP contribution in [-0.2, 0) is 42.1 Å². The SMILES string of the molecule is B#P(I)OC(COCC(COC(=O)C=C)OP(#B)I)COCC(COC(=O)C=C)OP(#B)I. The molecule has 9 nitrogen and oxygen atoms in total. The van der Waals surface area contributed by atoms with Crippen molar-refractivity contribution in [2.45, 2.75) is 18.3 Å². The number of halogens is 3. The van der Waals surface area contributed by atoms with E-state index in [0.717, 1.165) is 12.2 Å². The average Bonchev–Trinajstić information content (AvgIpc) is 2.73. The van der Waals surface area contributed by atoms with E-state index in [-0.39, 0.29) is 39.6 Å². The van der Waals surface area contributed by atoms with E-state index >= 15 is 0 Å². The predicted molar refractivity (Wildman–Crippen MR) is 159 cm³/mol. The van der Waals surface area contributed by atoms with Crippen molar-refractivity contribution in [3.63, 3.8) is 0 Å². The summed E-state index contributed by atoms with van der Waals surface area (Å²) in [5.74, 6) is -1.15. The first-order valence-corrected chi connectivity index (χ1v) is 21.3. The molecule has 0 fully saturated rings. The van der Waals surface area contributed by atoms with Gasteiger partial charge in [-0.3, -0.25) is 0 Å². The van der Waals surface area contributed by atoms with Crippen LogP contribution in [-0.4, -0.2) is 90.9 Å². The summed E-state index contributed by atoms with van der Waals surface area (Å²) in [6.45, 7) is 7.06. The van der Waals surface area contributed by atoms with E-state index in [2.05, 4.69) is 13.2 Å². The van der Waals surface area contributed by atoms with Crippen LogP contribution in [0.5, 0.6) is 0 Å². The molecule has 0 saturated carbocycles. The molecule has 0 rings (SSSR count). The van der Waals surface area contributed by atoms with E-state index < -0.39 is 45.6 Å². The first-order valence-electron chi connectivity index (χ1n) is 8.93. The zero-order valence-electron chi connectivity index (χ0n) is 17.4. The van der Waals surface area contributed by atoms with Gasteiger partial charge >= 0.3 is 240 Å².